The number of carbonyl (C=O) groups is 1. The highest BCUT2D eigenvalue weighted by Crippen LogP contribution is 2.34. The van der Waals surface area contributed by atoms with Crippen molar-refractivity contribution >= 4 is 28.6 Å². The van der Waals surface area contributed by atoms with E-state index in [1.54, 1.807) is 30.6 Å². The number of fused-ring (bicyclic) bond motifs is 1. The molecule has 6 heteroatoms. The first kappa shape index (κ1) is 17.5. The largest absolute Gasteiger partial charge is 0.508 e. The van der Waals surface area contributed by atoms with Crippen LogP contribution >= 0.6 is 0 Å². The topological polar surface area (TPSA) is 101 Å². The molecule has 2 aromatic heterocycles. The average Bonchev–Trinajstić information content (AvgIpc) is 3.04. The van der Waals surface area contributed by atoms with Gasteiger partial charge >= 0.3 is 0 Å². The number of carbonyl (C=O) groups excluding carboxylic acids is 1. The molecule has 0 saturated carbocycles. The van der Waals surface area contributed by atoms with Gasteiger partial charge in [0.15, 0.2) is 0 Å². The lowest BCUT2D eigenvalue weighted by Gasteiger charge is -2.14. The standard InChI is InChI=1S/C20H21N3O3/c1-3-5-15-16(9-13(26-2)10-18(15)24)17(19(21)25)8-12-11-23-20-14(12)6-4-7-22-20/h4,6-11,24H,3,5H2,1-2H3,(H2,21,25)(H,22,23)/b17-8-. The summed E-state index contributed by atoms with van der Waals surface area (Å²) in [4.78, 5) is 19.6. The zero-order valence-corrected chi connectivity index (χ0v) is 14.7. The second-order valence-corrected chi connectivity index (χ2v) is 5.99. The third-order valence-electron chi connectivity index (χ3n) is 4.27. The summed E-state index contributed by atoms with van der Waals surface area (Å²) < 4.78 is 5.25. The Bertz CT molecular complexity index is 989. The van der Waals surface area contributed by atoms with Crippen LogP contribution < -0.4 is 10.5 Å². The van der Waals surface area contributed by atoms with E-state index in [0.29, 0.717) is 28.9 Å². The molecule has 1 aromatic carbocycles. The molecule has 1 amide bonds. The molecular weight excluding hydrogens is 330 g/mol. The maximum absolute atomic E-state index is 12.2. The van der Waals surface area contributed by atoms with E-state index in [1.165, 1.54) is 7.11 Å². The fraction of sp³-hybridized carbons (Fsp3) is 0.200. The van der Waals surface area contributed by atoms with Crippen LogP contribution in [0, 0.1) is 0 Å². The lowest BCUT2D eigenvalue weighted by molar-refractivity contribution is -0.112. The zero-order chi connectivity index (χ0) is 18.7. The number of hydrogen-bond donors (Lipinski definition) is 3. The van der Waals surface area contributed by atoms with Gasteiger partial charge in [0.2, 0.25) is 5.91 Å². The minimum absolute atomic E-state index is 0.0916. The molecule has 0 saturated heterocycles. The third-order valence-corrected chi connectivity index (χ3v) is 4.27. The number of phenols is 1. The number of aromatic amines is 1. The van der Waals surface area contributed by atoms with Gasteiger partial charge in [0.25, 0.3) is 0 Å². The van der Waals surface area contributed by atoms with Crippen LogP contribution in [0.25, 0.3) is 22.7 Å². The van der Waals surface area contributed by atoms with E-state index in [1.807, 2.05) is 19.1 Å². The smallest absolute Gasteiger partial charge is 0.249 e. The quantitative estimate of drug-likeness (QED) is 0.593. The maximum atomic E-state index is 12.2. The number of aromatic hydroxyl groups is 1. The summed E-state index contributed by atoms with van der Waals surface area (Å²) in [7, 11) is 1.51. The third kappa shape index (κ3) is 3.26. The second kappa shape index (κ2) is 7.31. The van der Waals surface area contributed by atoms with E-state index < -0.39 is 5.91 Å². The number of nitrogens with one attached hydrogen (secondary N) is 1. The molecule has 0 unspecified atom stereocenters. The highest BCUT2D eigenvalue weighted by atomic mass is 16.5. The van der Waals surface area contributed by atoms with Crippen LogP contribution in [0.1, 0.15) is 30.0 Å². The van der Waals surface area contributed by atoms with Gasteiger partial charge in [0, 0.05) is 40.5 Å². The number of nitrogens with two attached hydrogens (primary N) is 1. The van der Waals surface area contributed by atoms with Gasteiger partial charge in [-0.2, -0.15) is 0 Å². The molecule has 3 aromatic rings. The van der Waals surface area contributed by atoms with Crippen molar-refractivity contribution in [3.63, 3.8) is 0 Å². The van der Waals surface area contributed by atoms with Gasteiger partial charge < -0.3 is 20.6 Å². The molecule has 2 heterocycles. The molecule has 26 heavy (non-hydrogen) atoms. The second-order valence-electron chi connectivity index (χ2n) is 5.99. The Morgan fingerprint density at radius 2 is 2.23 bits per heavy atom. The van der Waals surface area contributed by atoms with Crippen molar-refractivity contribution in [2.45, 2.75) is 19.8 Å². The van der Waals surface area contributed by atoms with E-state index in [2.05, 4.69) is 9.97 Å². The molecule has 0 fully saturated rings. The Kier molecular flexibility index (Phi) is 4.93. The van der Waals surface area contributed by atoms with E-state index in [-0.39, 0.29) is 5.75 Å². The van der Waals surface area contributed by atoms with Gasteiger partial charge in [-0.15, -0.1) is 0 Å². The number of primary amides is 1. The number of nitrogens with zero attached hydrogens (tertiary/aromatic N) is 1. The Labute approximate surface area is 151 Å². The summed E-state index contributed by atoms with van der Waals surface area (Å²) in [6, 6.07) is 7.02. The van der Waals surface area contributed by atoms with Crippen LogP contribution in [0.5, 0.6) is 11.5 Å². The van der Waals surface area contributed by atoms with E-state index in [4.69, 9.17) is 10.5 Å². The first-order valence-electron chi connectivity index (χ1n) is 8.39. The molecule has 0 spiro atoms. The molecule has 0 radical (unpaired) electrons. The SMILES string of the molecule is CCCc1c(O)cc(OC)cc1/C(=C/c1c[nH]c2ncccc12)C(N)=O. The Morgan fingerprint density at radius 1 is 1.42 bits per heavy atom. The number of benzene rings is 1. The summed E-state index contributed by atoms with van der Waals surface area (Å²) in [5, 5.41) is 11.3. The summed E-state index contributed by atoms with van der Waals surface area (Å²) in [6.45, 7) is 2.01. The first-order valence-corrected chi connectivity index (χ1v) is 8.39. The predicted octanol–water partition coefficient (Wildman–Crippen LogP) is 3.26. The predicted molar refractivity (Wildman–Crippen MR) is 102 cm³/mol. The zero-order valence-electron chi connectivity index (χ0n) is 14.7. The van der Waals surface area contributed by atoms with E-state index >= 15 is 0 Å². The lowest BCUT2D eigenvalue weighted by atomic mass is 9.93. The minimum atomic E-state index is -0.576. The van der Waals surface area contributed by atoms with Gasteiger partial charge in [-0.25, -0.2) is 4.98 Å². The van der Waals surface area contributed by atoms with Crippen molar-refractivity contribution in [3.05, 3.63) is 53.3 Å². The number of H-pyrrole nitrogens is 1. The van der Waals surface area contributed by atoms with Crippen LogP contribution in [0.3, 0.4) is 0 Å². The lowest BCUT2D eigenvalue weighted by Crippen LogP contribution is -2.14. The molecule has 134 valence electrons. The van der Waals surface area contributed by atoms with Crippen molar-refractivity contribution in [1.29, 1.82) is 0 Å². The van der Waals surface area contributed by atoms with Crippen LogP contribution in [-0.4, -0.2) is 28.1 Å². The Hall–Kier alpha value is -3.28. The van der Waals surface area contributed by atoms with Crippen molar-refractivity contribution in [2.75, 3.05) is 7.11 Å². The number of hydrogen-bond acceptors (Lipinski definition) is 4. The summed E-state index contributed by atoms with van der Waals surface area (Å²) >= 11 is 0. The average molecular weight is 351 g/mol. The molecule has 0 bridgehead atoms. The van der Waals surface area contributed by atoms with Gasteiger partial charge in [-0.3, -0.25) is 4.79 Å². The summed E-state index contributed by atoms with van der Waals surface area (Å²) in [6.07, 6.45) is 6.62. The molecule has 0 aliphatic carbocycles. The fourth-order valence-electron chi connectivity index (χ4n) is 3.04. The van der Waals surface area contributed by atoms with Crippen LogP contribution in [-0.2, 0) is 11.2 Å². The molecule has 6 nitrogen and oxygen atoms in total. The molecular formula is C20H21N3O3. The van der Waals surface area contributed by atoms with Crippen LogP contribution in [0.4, 0.5) is 0 Å². The number of ether oxygens (including phenoxy) is 1. The van der Waals surface area contributed by atoms with Gasteiger partial charge in [0.1, 0.15) is 17.1 Å². The molecule has 0 atom stereocenters. The number of pyridine rings is 1. The summed E-state index contributed by atoms with van der Waals surface area (Å²) in [5.74, 6) is -0.0210. The van der Waals surface area contributed by atoms with Crippen molar-refractivity contribution in [1.82, 2.24) is 9.97 Å². The van der Waals surface area contributed by atoms with Gasteiger partial charge in [-0.1, -0.05) is 13.3 Å². The van der Waals surface area contributed by atoms with Crippen molar-refractivity contribution < 1.29 is 14.6 Å². The first-order chi connectivity index (χ1) is 12.5. The van der Waals surface area contributed by atoms with Crippen molar-refractivity contribution in [2.24, 2.45) is 5.73 Å². The molecule has 4 N–H and O–H groups in total. The molecule has 0 aliphatic rings. The Morgan fingerprint density at radius 3 is 2.92 bits per heavy atom. The molecule has 0 aliphatic heterocycles. The number of methoxy groups -OCH3 is 1. The van der Waals surface area contributed by atoms with Gasteiger partial charge in [-0.05, 0) is 36.3 Å². The van der Waals surface area contributed by atoms with E-state index in [0.717, 1.165) is 23.0 Å². The number of phenolic OH excluding ortho intramolecular Hbond substituents is 1. The monoisotopic (exact) mass is 351 g/mol. The normalized spacial score (nSPS) is 11.7. The van der Waals surface area contributed by atoms with Crippen LogP contribution in [0.2, 0.25) is 0 Å². The molecule has 3 rings (SSSR count). The highest BCUT2D eigenvalue weighted by Gasteiger charge is 2.18. The number of aromatic nitrogens is 2. The highest BCUT2D eigenvalue weighted by molar-refractivity contribution is 6.24. The maximum Gasteiger partial charge on any atom is 0.249 e. The van der Waals surface area contributed by atoms with Gasteiger partial charge in [0.05, 0.1) is 7.11 Å². The minimum Gasteiger partial charge on any atom is -0.508 e. The Balaban J connectivity index is 2.23. The number of amides is 1. The van der Waals surface area contributed by atoms with E-state index in [9.17, 15) is 9.90 Å². The van der Waals surface area contributed by atoms with Crippen molar-refractivity contribution in [3.8, 4) is 11.5 Å². The number of rotatable bonds is 6. The van der Waals surface area contributed by atoms with Crippen LogP contribution in [0.15, 0.2) is 36.7 Å². The fourth-order valence-corrected chi connectivity index (χ4v) is 3.04. The summed E-state index contributed by atoms with van der Waals surface area (Å²) in [5.41, 5.74) is 8.77.